The standard InChI is InChI=1S/C3H9NO2S2.BrH/c1-6-8(5,7)3-2-4;/h2-4H2,1H3;1H. The molecule has 1 unspecified atom stereocenters. The lowest BCUT2D eigenvalue weighted by Crippen LogP contribution is -2.15. The van der Waals surface area contributed by atoms with Gasteiger partial charge in [-0.15, -0.1) is 17.0 Å². The van der Waals surface area contributed by atoms with Crippen molar-refractivity contribution in [2.75, 3.05) is 19.4 Å². The van der Waals surface area contributed by atoms with Gasteiger partial charge >= 0.3 is 0 Å². The number of hydrogen-bond donors (Lipinski definition) is 1. The minimum Gasteiger partial charge on any atom is -0.329 e. The summed E-state index contributed by atoms with van der Waals surface area (Å²) in [5.41, 5.74) is 5.06. The highest BCUT2D eigenvalue weighted by Gasteiger charge is 1.98. The SMILES string of the molecule is Br.COS(=O)(=S)CCN. The summed E-state index contributed by atoms with van der Waals surface area (Å²) in [4.78, 5) is 0. The number of hydrogen-bond acceptors (Lipinski definition) is 4. The lowest BCUT2D eigenvalue weighted by molar-refractivity contribution is 0.444. The largest absolute Gasteiger partial charge is 0.329 e. The Morgan fingerprint density at radius 1 is 1.78 bits per heavy atom. The van der Waals surface area contributed by atoms with Crippen molar-refractivity contribution in [2.24, 2.45) is 5.73 Å². The smallest absolute Gasteiger partial charge is 0.145 e. The first-order chi connectivity index (χ1) is 3.62. The fourth-order valence-corrected chi connectivity index (χ4v) is 0.972. The molecule has 3 nitrogen and oxygen atoms in total. The second-order valence-corrected chi connectivity index (χ2v) is 4.60. The maximum atomic E-state index is 10.7. The van der Waals surface area contributed by atoms with Gasteiger partial charge in [-0.1, -0.05) is 0 Å². The van der Waals surface area contributed by atoms with Crippen LogP contribution < -0.4 is 5.73 Å². The Balaban J connectivity index is 0. The molecule has 0 aliphatic carbocycles. The summed E-state index contributed by atoms with van der Waals surface area (Å²) < 4.78 is 15.1. The third kappa shape index (κ3) is 6.66. The number of rotatable bonds is 3. The van der Waals surface area contributed by atoms with Gasteiger partial charge in [-0.3, -0.25) is 4.18 Å². The predicted molar refractivity (Wildman–Crippen MR) is 46.8 cm³/mol. The van der Waals surface area contributed by atoms with Gasteiger partial charge in [-0.25, -0.2) is 4.21 Å². The zero-order valence-electron chi connectivity index (χ0n) is 5.03. The monoisotopic (exact) mass is 235 g/mol. The molecule has 0 saturated carbocycles. The highest BCUT2D eigenvalue weighted by atomic mass is 79.9. The van der Waals surface area contributed by atoms with Crippen LogP contribution in [0.2, 0.25) is 0 Å². The Kier molecular flexibility index (Phi) is 7.67. The molecule has 0 bridgehead atoms. The topological polar surface area (TPSA) is 52.3 Å². The average molecular weight is 236 g/mol. The first-order valence-electron chi connectivity index (χ1n) is 2.11. The Bertz CT molecular complexity index is 144. The van der Waals surface area contributed by atoms with E-state index in [9.17, 15) is 4.21 Å². The summed E-state index contributed by atoms with van der Waals surface area (Å²) in [6, 6.07) is 0. The number of nitrogens with two attached hydrogens (primary N) is 1. The molecule has 58 valence electrons. The van der Waals surface area contributed by atoms with Gasteiger partial charge in [0.2, 0.25) is 0 Å². The molecule has 0 saturated heterocycles. The van der Waals surface area contributed by atoms with Crippen LogP contribution in [-0.2, 0) is 24.1 Å². The van der Waals surface area contributed by atoms with Crippen LogP contribution in [0.3, 0.4) is 0 Å². The van der Waals surface area contributed by atoms with Crippen molar-refractivity contribution in [3.63, 3.8) is 0 Å². The Labute approximate surface area is 70.6 Å². The molecule has 9 heavy (non-hydrogen) atoms. The summed E-state index contributed by atoms with van der Waals surface area (Å²) in [5.74, 6) is 0.263. The molecule has 0 amide bonds. The van der Waals surface area contributed by atoms with Gasteiger partial charge in [0.25, 0.3) is 0 Å². The fraction of sp³-hybridized carbons (Fsp3) is 1.00. The van der Waals surface area contributed by atoms with Crippen LogP contribution in [0.4, 0.5) is 0 Å². The van der Waals surface area contributed by atoms with Crippen LogP contribution in [0.25, 0.3) is 0 Å². The quantitative estimate of drug-likeness (QED) is 0.739. The van der Waals surface area contributed by atoms with E-state index in [0.29, 0.717) is 6.54 Å². The third-order valence-electron chi connectivity index (χ3n) is 0.622. The molecule has 0 aromatic carbocycles. The molecule has 0 aromatic rings. The zero-order chi connectivity index (χ0) is 6.62. The molecule has 0 radical (unpaired) electrons. The van der Waals surface area contributed by atoms with Crippen molar-refractivity contribution < 1.29 is 8.39 Å². The van der Waals surface area contributed by atoms with Crippen molar-refractivity contribution in [1.82, 2.24) is 0 Å². The second-order valence-electron chi connectivity index (χ2n) is 1.22. The minimum atomic E-state index is -2.46. The summed E-state index contributed by atoms with van der Waals surface area (Å²) in [6.07, 6.45) is 0. The summed E-state index contributed by atoms with van der Waals surface area (Å²) in [6.45, 7) is 0.316. The molecule has 0 heterocycles. The second kappa shape index (κ2) is 5.55. The average Bonchev–Trinajstić information content (AvgIpc) is 1.67. The van der Waals surface area contributed by atoms with Gasteiger partial charge in [0.15, 0.2) is 0 Å². The van der Waals surface area contributed by atoms with Crippen molar-refractivity contribution in [3.8, 4) is 0 Å². The van der Waals surface area contributed by atoms with E-state index in [1.165, 1.54) is 7.11 Å². The molecule has 0 rings (SSSR count). The van der Waals surface area contributed by atoms with Crippen LogP contribution in [-0.4, -0.2) is 23.6 Å². The van der Waals surface area contributed by atoms with Gasteiger partial charge < -0.3 is 5.73 Å². The molecular weight excluding hydrogens is 226 g/mol. The lowest BCUT2D eigenvalue weighted by atomic mass is 10.8. The minimum absolute atomic E-state index is 0. The predicted octanol–water partition coefficient (Wildman–Crippen LogP) is -0.169. The van der Waals surface area contributed by atoms with Gasteiger partial charge in [0.1, 0.15) is 8.77 Å². The van der Waals surface area contributed by atoms with Gasteiger partial charge in [-0.2, -0.15) is 0 Å². The van der Waals surface area contributed by atoms with Gasteiger partial charge in [0.05, 0.1) is 12.9 Å². The molecule has 1 atom stereocenters. The van der Waals surface area contributed by atoms with E-state index in [0.717, 1.165) is 0 Å². The molecule has 2 N–H and O–H groups in total. The van der Waals surface area contributed by atoms with Crippen LogP contribution in [0.1, 0.15) is 0 Å². The van der Waals surface area contributed by atoms with Crippen LogP contribution in [0.15, 0.2) is 0 Å². The molecule has 0 spiro atoms. The fourth-order valence-electron chi connectivity index (χ4n) is 0.228. The van der Waals surface area contributed by atoms with Crippen molar-refractivity contribution in [1.29, 1.82) is 0 Å². The van der Waals surface area contributed by atoms with E-state index in [1.54, 1.807) is 0 Å². The van der Waals surface area contributed by atoms with Crippen molar-refractivity contribution in [2.45, 2.75) is 0 Å². The molecule has 0 fully saturated rings. The molecule has 0 aromatic heterocycles. The van der Waals surface area contributed by atoms with E-state index in [-0.39, 0.29) is 22.7 Å². The summed E-state index contributed by atoms with van der Waals surface area (Å²) in [7, 11) is -1.14. The van der Waals surface area contributed by atoms with Crippen LogP contribution >= 0.6 is 17.0 Å². The Morgan fingerprint density at radius 3 is 2.33 bits per heavy atom. The summed E-state index contributed by atoms with van der Waals surface area (Å²) in [5, 5.41) is 0. The first-order valence-corrected chi connectivity index (χ1v) is 4.68. The van der Waals surface area contributed by atoms with E-state index >= 15 is 0 Å². The van der Waals surface area contributed by atoms with E-state index in [4.69, 9.17) is 5.73 Å². The molecular formula is C3H10BrNO2S2. The van der Waals surface area contributed by atoms with Crippen LogP contribution in [0.5, 0.6) is 0 Å². The third-order valence-corrected chi connectivity index (χ3v) is 2.77. The lowest BCUT2D eigenvalue weighted by Gasteiger charge is -1.98. The van der Waals surface area contributed by atoms with E-state index < -0.39 is 8.77 Å². The molecule has 6 heteroatoms. The first kappa shape index (κ1) is 12.4. The van der Waals surface area contributed by atoms with E-state index in [2.05, 4.69) is 15.4 Å². The van der Waals surface area contributed by atoms with Gasteiger partial charge in [-0.05, 0) is 0 Å². The Morgan fingerprint density at radius 2 is 2.22 bits per heavy atom. The van der Waals surface area contributed by atoms with Crippen molar-refractivity contribution >= 4 is 36.9 Å². The maximum Gasteiger partial charge on any atom is 0.145 e. The van der Waals surface area contributed by atoms with Crippen LogP contribution in [0, 0.1) is 0 Å². The zero-order valence-corrected chi connectivity index (χ0v) is 8.38. The highest BCUT2D eigenvalue weighted by Crippen LogP contribution is 1.86. The van der Waals surface area contributed by atoms with E-state index in [1.807, 2.05) is 0 Å². The maximum absolute atomic E-state index is 10.7. The Hall–Kier alpha value is 0.770. The highest BCUT2D eigenvalue weighted by molar-refractivity contribution is 8.93. The van der Waals surface area contributed by atoms with Crippen molar-refractivity contribution in [3.05, 3.63) is 0 Å². The molecule has 0 aliphatic heterocycles. The normalized spacial score (nSPS) is 15.8. The molecule has 0 aliphatic rings. The van der Waals surface area contributed by atoms with Gasteiger partial charge in [0, 0.05) is 17.7 Å². The summed E-state index contributed by atoms with van der Waals surface area (Å²) >= 11 is 4.47. The number of halogens is 1.